The highest BCUT2D eigenvalue weighted by atomic mass is 35.5. The number of nitrogens with one attached hydrogen (secondary N) is 1. The standard InChI is InChI=1S/C14H10ClN3O4/c15-10-3-1-2-4-11(10)16-8-17-12-6-5-9(18(20)21)7-13(12)22-14(17)19/h1-7,16H,8H2. The molecule has 0 aliphatic rings. The van der Waals surface area contributed by atoms with Crippen LogP contribution in [0.3, 0.4) is 0 Å². The Kier molecular flexibility index (Phi) is 3.56. The zero-order chi connectivity index (χ0) is 15.7. The van der Waals surface area contributed by atoms with Gasteiger partial charge < -0.3 is 9.73 Å². The number of anilines is 1. The van der Waals surface area contributed by atoms with Crippen LogP contribution in [0.1, 0.15) is 0 Å². The van der Waals surface area contributed by atoms with E-state index >= 15 is 0 Å². The van der Waals surface area contributed by atoms with Gasteiger partial charge in [-0.2, -0.15) is 0 Å². The Morgan fingerprint density at radius 2 is 2.05 bits per heavy atom. The SMILES string of the molecule is O=c1oc2cc([N+](=O)[O-])ccc2n1CNc1ccccc1Cl. The molecular formula is C14H10ClN3O4. The number of nitro benzene ring substituents is 1. The van der Waals surface area contributed by atoms with Crippen molar-refractivity contribution in [3.05, 3.63) is 68.2 Å². The molecule has 1 aromatic heterocycles. The zero-order valence-corrected chi connectivity index (χ0v) is 11.9. The molecular weight excluding hydrogens is 310 g/mol. The average molecular weight is 320 g/mol. The first-order valence-electron chi connectivity index (χ1n) is 6.32. The molecule has 8 heteroatoms. The normalized spacial score (nSPS) is 10.8. The second-order valence-electron chi connectivity index (χ2n) is 4.52. The van der Waals surface area contributed by atoms with Gasteiger partial charge in [-0.25, -0.2) is 4.79 Å². The summed E-state index contributed by atoms with van der Waals surface area (Å²) in [6, 6.07) is 11.1. The molecule has 0 amide bonds. The van der Waals surface area contributed by atoms with Gasteiger partial charge in [0.05, 0.1) is 33.9 Å². The maximum atomic E-state index is 11.9. The van der Waals surface area contributed by atoms with Crippen LogP contribution in [-0.4, -0.2) is 9.49 Å². The lowest BCUT2D eigenvalue weighted by molar-refractivity contribution is -0.384. The number of halogens is 1. The first-order valence-corrected chi connectivity index (χ1v) is 6.70. The first kappa shape index (κ1) is 14.2. The van der Waals surface area contributed by atoms with Gasteiger partial charge in [0.2, 0.25) is 0 Å². The van der Waals surface area contributed by atoms with E-state index in [2.05, 4.69) is 5.32 Å². The van der Waals surface area contributed by atoms with Crippen LogP contribution in [0.15, 0.2) is 51.7 Å². The molecule has 0 spiro atoms. The summed E-state index contributed by atoms with van der Waals surface area (Å²) in [6.07, 6.45) is 0. The van der Waals surface area contributed by atoms with Crippen LogP contribution < -0.4 is 11.1 Å². The molecule has 3 rings (SSSR count). The predicted octanol–water partition coefficient (Wildman–Crippen LogP) is 3.23. The van der Waals surface area contributed by atoms with Crippen molar-refractivity contribution < 1.29 is 9.34 Å². The topological polar surface area (TPSA) is 90.3 Å². The van der Waals surface area contributed by atoms with E-state index < -0.39 is 10.7 Å². The smallest absolute Gasteiger partial charge is 0.407 e. The molecule has 2 aromatic carbocycles. The number of aromatic nitrogens is 1. The highest BCUT2D eigenvalue weighted by Crippen LogP contribution is 2.22. The van der Waals surface area contributed by atoms with Gasteiger partial charge in [-0.1, -0.05) is 23.7 Å². The van der Waals surface area contributed by atoms with Gasteiger partial charge >= 0.3 is 5.76 Å². The minimum absolute atomic E-state index is 0.132. The van der Waals surface area contributed by atoms with Gasteiger partial charge in [-0.05, 0) is 18.2 Å². The van der Waals surface area contributed by atoms with Gasteiger partial charge in [-0.3, -0.25) is 14.7 Å². The fourth-order valence-corrected chi connectivity index (χ4v) is 2.29. The molecule has 112 valence electrons. The molecule has 0 unspecified atom stereocenters. The third kappa shape index (κ3) is 2.53. The summed E-state index contributed by atoms with van der Waals surface area (Å²) in [6.45, 7) is 0.132. The van der Waals surface area contributed by atoms with E-state index in [-0.39, 0.29) is 17.9 Å². The molecule has 3 aromatic rings. The van der Waals surface area contributed by atoms with Crippen molar-refractivity contribution in [3.8, 4) is 0 Å². The first-order chi connectivity index (χ1) is 10.6. The number of nitrogens with zero attached hydrogens (tertiary/aromatic N) is 2. The van der Waals surface area contributed by atoms with Crippen LogP contribution in [-0.2, 0) is 6.67 Å². The number of nitro groups is 1. The van der Waals surface area contributed by atoms with Crippen LogP contribution in [0.4, 0.5) is 11.4 Å². The van der Waals surface area contributed by atoms with E-state index in [1.165, 1.54) is 22.8 Å². The summed E-state index contributed by atoms with van der Waals surface area (Å²) in [5.74, 6) is -0.602. The summed E-state index contributed by atoms with van der Waals surface area (Å²) >= 11 is 6.03. The Morgan fingerprint density at radius 1 is 1.27 bits per heavy atom. The van der Waals surface area contributed by atoms with E-state index in [1.807, 2.05) is 6.07 Å². The lowest BCUT2D eigenvalue weighted by atomic mass is 10.3. The van der Waals surface area contributed by atoms with Crippen LogP contribution in [0, 0.1) is 10.1 Å². The van der Waals surface area contributed by atoms with E-state index in [9.17, 15) is 14.9 Å². The van der Waals surface area contributed by atoms with Crippen molar-refractivity contribution in [2.75, 3.05) is 5.32 Å². The molecule has 0 radical (unpaired) electrons. The second-order valence-corrected chi connectivity index (χ2v) is 4.93. The van der Waals surface area contributed by atoms with E-state index in [4.69, 9.17) is 16.0 Å². The van der Waals surface area contributed by atoms with Crippen LogP contribution >= 0.6 is 11.6 Å². The van der Waals surface area contributed by atoms with Gasteiger partial charge in [-0.15, -0.1) is 0 Å². The minimum atomic E-state index is -0.602. The van der Waals surface area contributed by atoms with E-state index in [1.54, 1.807) is 18.2 Å². The fourth-order valence-electron chi connectivity index (χ4n) is 2.09. The van der Waals surface area contributed by atoms with Crippen molar-refractivity contribution in [3.63, 3.8) is 0 Å². The second kappa shape index (κ2) is 5.53. The van der Waals surface area contributed by atoms with Crippen molar-refractivity contribution in [1.29, 1.82) is 0 Å². The molecule has 7 nitrogen and oxygen atoms in total. The van der Waals surface area contributed by atoms with Crippen molar-refractivity contribution in [2.45, 2.75) is 6.67 Å². The molecule has 0 aliphatic carbocycles. The zero-order valence-electron chi connectivity index (χ0n) is 11.2. The van der Waals surface area contributed by atoms with Gasteiger partial charge in [0.25, 0.3) is 5.69 Å². The fraction of sp³-hybridized carbons (Fsp3) is 0.0714. The quantitative estimate of drug-likeness (QED) is 0.589. The lowest BCUT2D eigenvalue weighted by Crippen LogP contribution is -2.19. The van der Waals surface area contributed by atoms with Crippen molar-refractivity contribution >= 4 is 34.1 Å². The molecule has 1 N–H and O–H groups in total. The molecule has 0 aliphatic heterocycles. The Labute approximate surface area is 128 Å². The number of benzene rings is 2. The lowest BCUT2D eigenvalue weighted by Gasteiger charge is -2.08. The number of non-ortho nitro benzene ring substituents is 1. The third-order valence-electron chi connectivity index (χ3n) is 3.16. The monoisotopic (exact) mass is 319 g/mol. The highest BCUT2D eigenvalue weighted by Gasteiger charge is 2.14. The molecule has 0 saturated heterocycles. The van der Waals surface area contributed by atoms with Gasteiger partial charge in [0, 0.05) is 6.07 Å². The number of rotatable bonds is 4. The predicted molar refractivity (Wildman–Crippen MR) is 82.2 cm³/mol. The molecule has 1 heterocycles. The van der Waals surface area contributed by atoms with Gasteiger partial charge in [0.15, 0.2) is 5.58 Å². The summed E-state index contributed by atoms with van der Waals surface area (Å²) in [5.41, 5.74) is 1.18. The van der Waals surface area contributed by atoms with Crippen LogP contribution in [0.25, 0.3) is 11.1 Å². The highest BCUT2D eigenvalue weighted by molar-refractivity contribution is 6.33. The van der Waals surface area contributed by atoms with E-state index in [0.29, 0.717) is 16.2 Å². The Bertz CT molecular complexity index is 916. The van der Waals surface area contributed by atoms with Gasteiger partial charge in [0.1, 0.15) is 0 Å². The molecule has 0 bridgehead atoms. The Balaban J connectivity index is 1.94. The Morgan fingerprint density at radius 3 is 2.77 bits per heavy atom. The molecule has 0 saturated carbocycles. The average Bonchev–Trinajstić information content (AvgIpc) is 2.81. The van der Waals surface area contributed by atoms with Crippen molar-refractivity contribution in [2.24, 2.45) is 0 Å². The number of oxazole rings is 1. The third-order valence-corrected chi connectivity index (χ3v) is 3.49. The largest absolute Gasteiger partial charge is 0.421 e. The maximum absolute atomic E-state index is 11.9. The maximum Gasteiger partial charge on any atom is 0.421 e. The molecule has 0 atom stereocenters. The summed E-state index contributed by atoms with van der Waals surface area (Å²) < 4.78 is 6.37. The summed E-state index contributed by atoms with van der Waals surface area (Å²) in [7, 11) is 0. The number of hydrogen-bond acceptors (Lipinski definition) is 5. The Hall–Kier alpha value is -2.80. The van der Waals surface area contributed by atoms with Crippen LogP contribution in [0.5, 0.6) is 0 Å². The molecule has 0 fully saturated rings. The van der Waals surface area contributed by atoms with Crippen molar-refractivity contribution in [1.82, 2.24) is 4.57 Å². The summed E-state index contributed by atoms with van der Waals surface area (Å²) in [5, 5.41) is 14.3. The minimum Gasteiger partial charge on any atom is -0.407 e. The van der Waals surface area contributed by atoms with Crippen LogP contribution in [0.2, 0.25) is 5.02 Å². The molecule has 22 heavy (non-hydrogen) atoms. The number of para-hydroxylation sites is 1. The number of hydrogen-bond donors (Lipinski definition) is 1. The van der Waals surface area contributed by atoms with E-state index in [0.717, 1.165) is 0 Å². The summed E-state index contributed by atoms with van der Waals surface area (Å²) in [4.78, 5) is 22.1. The number of fused-ring (bicyclic) bond motifs is 1.